The van der Waals surface area contributed by atoms with Gasteiger partial charge in [-0.2, -0.15) is 0 Å². The summed E-state index contributed by atoms with van der Waals surface area (Å²) in [6.45, 7) is 6.69. The van der Waals surface area contributed by atoms with E-state index in [1.165, 1.54) is 148 Å². The summed E-state index contributed by atoms with van der Waals surface area (Å²) in [6.07, 6.45) is 87.8. The molecule has 0 aliphatic rings. The minimum Gasteiger partial charge on any atom is -0.756 e. The molecule has 0 aliphatic heterocycles. The number of allylic oxidation sites excluding steroid dienone is 17. The number of likely N-dealkylation sites (N-methyl/N-ethyl adjacent to an activating group) is 1. The van der Waals surface area contributed by atoms with Gasteiger partial charge in [-0.05, 0) is 115 Å². The molecule has 3 atom stereocenters. The van der Waals surface area contributed by atoms with Crippen LogP contribution in [0.15, 0.2) is 109 Å². The Labute approximate surface area is 525 Å². The van der Waals surface area contributed by atoms with Gasteiger partial charge in [0.1, 0.15) is 19.3 Å². The van der Waals surface area contributed by atoms with Crippen LogP contribution < -0.4 is 10.2 Å². The minimum absolute atomic E-state index is 0.0310. The SMILES string of the molecule is CC/C=C\C/C=C\C/C=C\C/C=C\C/C=C\CCCCCCCC(=O)NC(COP(=O)([O-])OCC[N+](C)(C)C)C(/C=C\CCCCCCCCCCC)OC(=O)CCCCCCCCCCCCCCCC/C=C\C/C=C\C/C=C\CCCCC. The fourth-order valence-corrected chi connectivity index (χ4v) is 10.5. The molecule has 0 aliphatic carbocycles. The van der Waals surface area contributed by atoms with Crippen molar-refractivity contribution >= 4 is 19.7 Å². The molecule has 0 aromatic carbocycles. The number of carbonyl (C=O) groups is 2. The topological polar surface area (TPSA) is 114 Å². The highest BCUT2D eigenvalue weighted by Gasteiger charge is 2.27. The Morgan fingerprint density at radius 3 is 1.15 bits per heavy atom. The lowest BCUT2D eigenvalue weighted by Crippen LogP contribution is -2.47. The number of nitrogens with zero attached hydrogens (tertiary/aromatic N) is 1. The summed E-state index contributed by atoms with van der Waals surface area (Å²) in [4.78, 5) is 40.1. The smallest absolute Gasteiger partial charge is 0.306 e. The fourth-order valence-electron chi connectivity index (χ4n) is 9.79. The average molecular weight is 1210 g/mol. The van der Waals surface area contributed by atoms with Gasteiger partial charge in [0.25, 0.3) is 7.82 Å². The minimum atomic E-state index is -4.71. The highest BCUT2D eigenvalue weighted by molar-refractivity contribution is 7.45. The van der Waals surface area contributed by atoms with E-state index in [4.69, 9.17) is 13.8 Å². The number of hydrogen-bond donors (Lipinski definition) is 1. The van der Waals surface area contributed by atoms with Crippen molar-refractivity contribution in [3.8, 4) is 0 Å². The normalized spacial score (nSPS) is 14.2. The summed E-state index contributed by atoms with van der Waals surface area (Å²) in [6, 6.07) is -0.906. The third-order valence-corrected chi connectivity index (χ3v) is 16.2. The first kappa shape index (κ1) is 81.7. The molecule has 10 heteroatoms. The molecule has 0 fully saturated rings. The van der Waals surface area contributed by atoms with Crippen molar-refractivity contribution in [3.63, 3.8) is 0 Å². The summed E-state index contributed by atoms with van der Waals surface area (Å²) in [5, 5.41) is 3.03. The van der Waals surface area contributed by atoms with Crippen molar-refractivity contribution in [3.05, 3.63) is 109 Å². The van der Waals surface area contributed by atoms with Gasteiger partial charge < -0.3 is 28.5 Å². The number of unbranched alkanes of at least 4 members (excludes halogenated alkanes) is 31. The zero-order valence-corrected chi connectivity index (χ0v) is 56.9. The van der Waals surface area contributed by atoms with Gasteiger partial charge in [0.2, 0.25) is 5.91 Å². The molecule has 0 rings (SSSR count). The number of phosphoric acid groups is 1. The molecule has 3 unspecified atom stereocenters. The van der Waals surface area contributed by atoms with Crippen molar-refractivity contribution in [1.29, 1.82) is 0 Å². The van der Waals surface area contributed by atoms with Gasteiger partial charge in [-0.25, -0.2) is 0 Å². The first-order chi connectivity index (χ1) is 41.4. The molecule has 0 saturated carbocycles. The van der Waals surface area contributed by atoms with Crippen molar-refractivity contribution in [1.82, 2.24) is 5.32 Å². The van der Waals surface area contributed by atoms with Crippen LogP contribution in [0.2, 0.25) is 0 Å². The van der Waals surface area contributed by atoms with Gasteiger partial charge in [0.05, 0.1) is 33.8 Å². The maximum absolute atomic E-state index is 13.6. The molecule has 1 N–H and O–H groups in total. The number of quaternary nitrogens is 1. The van der Waals surface area contributed by atoms with Crippen molar-refractivity contribution < 1.29 is 37.3 Å². The second-order valence-corrected chi connectivity index (χ2v) is 26.1. The molecule has 490 valence electrons. The monoisotopic (exact) mass is 1200 g/mol. The molecule has 0 aromatic rings. The molecule has 0 bridgehead atoms. The van der Waals surface area contributed by atoms with E-state index in [2.05, 4.69) is 123 Å². The Morgan fingerprint density at radius 1 is 0.424 bits per heavy atom. The summed E-state index contributed by atoms with van der Waals surface area (Å²) >= 11 is 0. The van der Waals surface area contributed by atoms with Crippen LogP contribution in [0.5, 0.6) is 0 Å². The molecule has 85 heavy (non-hydrogen) atoms. The number of amides is 1. The second kappa shape index (κ2) is 63.7. The van der Waals surface area contributed by atoms with Crippen LogP contribution >= 0.6 is 7.82 Å². The number of ether oxygens (including phenoxy) is 1. The van der Waals surface area contributed by atoms with Gasteiger partial charge in [-0.3, -0.25) is 14.2 Å². The van der Waals surface area contributed by atoms with Crippen LogP contribution in [-0.2, 0) is 27.9 Å². The summed E-state index contributed by atoms with van der Waals surface area (Å²) in [5.74, 6) is -0.563. The number of hydrogen-bond acceptors (Lipinski definition) is 7. The van der Waals surface area contributed by atoms with Gasteiger partial charge in [-0.1, -0.05) is 285 Å². The Bertz CT molecular complexity index is 1820. The molecule has 0 heterocycles. The lowest BCUT2D eigenvalue weighted by molar-refractivity contribution is -0.870. The Morgan fingerprint density at radius 2 is 0.753 bits per heavy atom. The third kappa shape index (κ3) is 65.0. The maximum atomic E-state index is 13.6. The van der Waals surface area contributed by atoms with E-state index in [0.29, 0.717) is 23.9 Å². The highest BCUT2D eigenvalue weighted by Crippen LogP contribution is 2.38. The largest absolute Gasteiger partial charge is 0.756 e. The van der Waals surface area contributed by atoms with Crippen molar-refractivity contribution in [2.45, 2.75) is 315 Å². The van der Waals surface area contributed by atoms with Crippen molar-refractivity contribution in [2.24, 2.45) is 0 Å². The van der Waals surface area contributed by atoms with Crippen LogP contribution in [0, 0.1) is 0 Å². The van der Waals surface area contributed by atoms with Gasteiger partial charge in [0.15, 0.2) is 0 Å². The van der Waals surface area contributed by atoms with E-state index in [-0.39, 0.29) is 24.9 Å². The zero-order chi connectivity index (χ0) is 62.1. The fraction of sp³-hybridized carbons (Fsp3) is 0.733. The zero-order valence-electron chi connectivity index (χ0n) is 56.0. The van der Waals surface area contributed by atoms with Crippen LogP contribution in [0.25, 0.3) is 0 Å². The molecule has 0 aromatic heterocycles. The molecule has 0 saturated heterocycles. The number of rotatable bonds is 63. The molecule has 1 amide bonds. The highest BCUT2D eigenvalue weighted by atomic mass is 31.2. The number of carbonyl (C=O) groups excluding carboxylic acids is 2. The molecular formula is C75H133N2O7P. The average Bonchev–Trinajstić information content (AvgIpc) is 3.57. The van der Waals surface area contributed by atoms with E-state index < -0.39 is 26.6 Å². The lowest BCUT2D eigenvalue weighted by atomic mass is 10.0. The predicted octanol–water partition coefficient (Wildman–Crippen LogP) is 21.8. The lowest BCUT2D eigenvalue weighted by Gasteiger charge is -2.30. The quantitative estimate of drug-likeness (QED) is 0.0212. The number of esters is 1. The van der Waals surface area contributed by atoms with E-state index in [1.54, 1.807) is 0 Å². The molecule has 0 radical (unpaired) electrons. The van der Waals surface area contributed by atoms with E-state index in [1.807, 2.05) is 33.3 Å². The molecule has 0 spiro atoms. The molecule has 9 nitrogen and oxygen atoms in total. The van der Waals surface area contributed by atoms with Crippen LogP contribution in [0.3, 0.4) is 0 Å². The Balaban J connectivity index is 5.05. The van der Waals surface area contributed by atoms with Crippen LogP contribution in [0.4, 0.5) is 0 Å². The van der Waals surface area contributed by atoms with E-state index in [9.17, 15) is 19.0 Å². The van der Waals surface area contributed by atoms with Crippen LogP contribution in [-0.4, -0.2) is 69.4 Å². The summed E-state index contributed by atoms with van der Waals surface area (Å²) < 4.78 is 30.4. The predicted molar refractivity (Wildman–Crippen MR) is 367 cm³/mol. The van der Waals surface area contributed by atoms with E-state index >= 15 is 0 Å². The van der Waals surface area contributed by atoms with Gasteiger partial charge >= 0.3 is 5.97 Å². The first-order valence-corrected chi connectivity index (χ1v) is 36.7. The maximum Gasteiger partial charge on any atom is 0.306 e. The van der Waals surface area contributed by atoms with Crippen LogP contribution in [0.1, 0.15) is 303 Å². The standard InChI is InChI=1S/C75H133N2O7P/c1-7-10-13-16-19-22-25-27-29-31-33-35-36-37-38-39-40-42-44-46-48-50-53-56-59-62-65-68-75(79)84-73(66-63-60-57-54-51-24-21-18-15-12-9-3)72(71-83-85(80,81)82-70-69-77(4,5)6)76-74(78)67-64-61-58-55-52-49-47-45-43-41-34-32-30-28-26-23-20-17-14-11-8-2/h11,14,19-20,22-23,27-30,33-35,41,45,47,63,66,72-73H,7-10,12-13,15-18,21,24-26,31-32,36-40,42-44,46,48-62,64-65,67-71H2,1-6H3,(H-,76,78,80,81)/b14-11-,22-19-,23-20-,29-27-,30-28-,35-33-,41-34-,47-45-,66-63-. The van der Waals surface area contributed by atoms with Crippen molar-refractivity contribution in [2.75, 3.05) is 40.9 Å². The summed E-state index contributed by atoms with van der Waals surface area (Å²) in [7, 11) is 1.16. The number of phosphoric ester groups is 1. The number of nitrogens with one attached hydrogen (secondary N) is 1. The first-order valence-electron chi connectivity index (χ1n) is 35.2. The van der Waals surface area contributed by atoms with Gasteiger partial charge in [0, 0.05) is 12.8 Å². The van der Waals surface area contributed by atoms with E-state index in [0.717, 1.165) is 116 Å². The third-order valence-electron chi connectivity index (χ3n) is 15.2. The summed E-state index contributed by atoms with van der Waals surface area (Å²) in [5.41, 5.74) is 0. The Kier molecular flexibility index (Phi) is 61.2. The second-order valence-electron chi connectivity index (χ2n) is 24.6. The van der Waals surface area contributed by atoms with Gasteiger partial charge in [-0.15, -0.1) is 0 Å². The molecular weight excluding hydrogens is 1070 g/mol. The Hall–Kier alpha value is -3.33.